The van der Waals surface area contributed by atoms with Gasteiger partial charge in [0.25, 0.3) is 0 Å². The summed E-state index contributed by atoms with van der Waals surface area (Å²) in [5.74, 6) is 1.74. The van der Waals surface area contributed by atoms with Crippen molar-refractivity contribution in [1.82, 2.24) is 0 Å². The molecule has 1 saturated carbocycles. The number of nitrogens with two attached hydrogens (primary N) is 1. The van der Waals surface area contributed by atoms with Crippen LogP contribution in [0.3, 0.4) is 0 Å². The molecule has 2 aliphatic rings. The van der Waals surface area contributed by atoms with Crippen LogP contribution >= 0.6 is 0 Å². The van der Waals surface area contributed by atoms with Gasteiger partial charge < -0.3 is 5.73 Å². The molecule has 0 amide bonds. The van der Waals surface area contributed by atoms with E-state index in [1.54, 1.807) is 5.57 Å². The monoisotopic (exact) mass is 109 g/mol. The van der Waals surface area contributed by atoms with Crippen molar-refractivity contribution in [3.8, 4) is 0 Å². The van der Waals surface area contributed by atoms with Crippen LogP contribution in [0.2, 0.25) is 0 Å². The zero-order valence-electron chi connectivity index (χ0n) is 4.93. The Balaban J connectivity index is 2.10. The van der Waals surface area contributed by atoms with Crippen LogP contribution in [-0.4, -0.2) is 6.54 Å². The van der Waals surface area contributed by atoms with Crippen molar-refractivity contribution in [3.63, 3.8) is 0 Å². The van der Waals surface area contributed by atoms with Gasteiger partial charge in [0, 0.05) is 0 Å². The molecule has 0 bridgehead atoms. The highest BCUT2D eigenvalue weighted by Gasteiger charge is 2.44. The van der Waals surface area contributed by atoms with Gasteiger partial charge in [0.05, 0.1) is 0 Å². The third-order valence-corrected chi connectivity index (χ3v) is 2.34. The quantitative estimate of drug-likeness (QED) is 0.498. The van der Waals surface area contributed by atoms with Crippen molar-refractivity contribution in [2.24, 2.45) is 17.6 Å². The van der Waals surface area contributed by atoms with Gasteiger partial charge in [-0.15, -0.1) is 0 Å². The maximum atomic E-state index is 5.48. The van der Waals surface area contributed by atoms with E-state index in [0.717, 1.165) is 18.4 Å². The zero-order valence-corrected chi connectivity index (χ0v) is 4.93. The molecule has 1 unspecified atom stereocenters. The van der Waals surface area contributed by atoms with E-state index in [-0.39, 0.29) is 0 Å². The molecule has 0 spiro atoms. The van der Waals surface area contributed by atoms with Crippen LogP contribution in [0.1, 0.15) is 12.8 Å². The molecule has 2 N–H and O–H groups in total. The second kappa shape index (κ2) is 1.35. The number of rotatable bonds is 1. The molecule has 0 aromatic rings. The van der Waals surface area contributed by atoms with Crippen LogP contribution in [0.4, 0.5) is 0 Å². The summed E-state index contributed by atoms with van der Waals surface area (Å²) >= 11 is 0. The van der Waals surface area contributed by atoms with Crippen LogP contribution in [0.25, 0.3) is 0 Å². The third-order valence-electron chi connectivity index (χ3n) is 2.34. The second-order valence-electron chi connectivity index (χ2n) is 2.73. The van der Waals surface area contributed by atoms with E-state index < -0.39 is 0 Å². The van der Waals surface area contributed by atoms with Crippen LogP contribution in [0, 0.1) is 11.8 Å². The Morgan fingerprint density at radius 3 is 3.00 bits per heavy atom. The molecule has 2 atom stereocenters. The highest BCUT2D eigenvalue weighted by atomic mass is 14.6. The van der Waals surface area contributed by atoms with E-state index in [4.69, 9.17) is 5.73 Å². The van der Waals surface area contributed by atoms with Crippen LogP contribution in [0.5, 0.6) is 0 Å². The smallest absolute Gasteiger partial charge is 0.000561 e. The van der Waals surface area contributed by atoms with Crippen molar-refractivity contribution in [2.45, 2.75) is 12.8 Å². The highest BCUT2D eigenvalue weighted by Crippen LogP contribution is 2.52. The van der Waals surface area contributed by atoms with Gasteiger partial charge in [-0.3, -0.25) is 0 Å². The Morgan fingerprint density at radius 1 is 1.75 bits per heavy atom. The Morgan fingerprint density at radius 2 is 2.62 bits per heavy atom. The van der Waals surface area contributed by atoms with Gasteiger partial charge in [-0.25, -0.2) is 0 Å². The molecule has 2 aliphatic carbocycles. The van der Waals surface area contributed by atoms with Crippen molar-refractivity contribution >= 4 is 0 Å². The highest BCUT2D eigenvalue weighted by molar-refractivity contribution is 5.33. The summed E-state index contributed by atoms with van der Waals surface area (Å²) < 4.78 is 0. The lowest BCUT2D eigenvalue weighted by atomic mass is 10.2. The first-order chi connectivity index (χ1) is 3.93. The van der Waals surface area contributed by atoms with E-state index in [1.807, 2.05) is 0 Å². The Hall–Kier alpha value is -0.300. The molecule has 8 heavy (non-hydrogen) atoms. The van der Waals surface area contributed by atoms with Gasteiger partial charge in [0.1, 0.15) is 0 Å². The largest absolute Gasteiger partial charge is 0.330 e. The zero-order chi connectivity index (χ0) is 5.56. The fourth-order valence-corrected chi connectivity index (χ4v) is 1.80. The minimum absolute atomic E-state index is 0.809. The molecule has 1 heteroatoms. The first-order valence-corrected chi connectivity index (χ1v) is 3.33. The van der Waals surface area contributed by atoms with Gasteiger partial charge in [0.15, 0.2) is 0 Å². The minimum atomic E-state index is 0.809. The molecule has 0 saturated heterocycles. The number of fused-ring (bicyclic) bond motifs is 1. The third kappa shape index (κ3) is 0.402. The molecule has 0 aliphatic heterocycles. The summed E-state index contributed by atoms with van der Waals surface area (Å²) in [6, 6.07) is 0. The van der Waals surface area contributed by atoms with Crippen molar-refractivity contribution in [2.75, 3.05) is 6.54 Å². The molecule has 0 aromatic carbocycles. The Kier molecular flexibility index (Phi) is 0.770. The summed E-state index contributed by atoms with van der Waals surface area (Å²) in [6.07, 6.45) is 5.07. The van der Waals surface area contributed by atoms with Crippen molar-refractivity contribution in [3.05, 3.63) is 11.6 Å². The summed E-state index contributed by atoms with van der Waals surface area (Å²) in [6.45, 7) is 0.885. The van der Waals surface area contributed by atoms with Crippen molar-refractivity contribution < 1.29 is 0 Å². The SMILES string of the molecule is NC[C@H]1C2=CCCC21. The molecule has 1 fully saturated rings. The van der Waals surface area contributed by atoms with Crippen molar-refractivity contribution in [1.29, 1.82) is 0 Å². The Bertz CT molecular complexity index is 137. The fraction of sp³-hybridized carbons (Fsp3) is 0.714. The predicted molar refractivity (Wildman–Crippen MR) is 33.4 cm³/mol. The summed E-state index contributed by atoms with van der Waals surface area (Å²) in [5, 5.41) is 0. The maximum Gasteiger partial charge on any atom is -0.000561 e. The van der Waals surface area contributed by atoms with E-state index in [9.17, 15) is 0 Å². The second-order valence-corrected chi connectivity index (χ2v) is 2.73. The number of hydrogen-bond donors (Lipinski definition) is 1. The number of allylic oxidation sites excluding steroid dienone is 1. The lowest BCUT2D eigenvalue weighted by Crippen LogP contribution is -2.03. The predicted octanol–water partition coefficient (Wildman–Crippen LogP) is 0.911. The first-order valence-electron chi connectivity index (χ1n) is 3.33. The van der Waals surface area contributed by atoms with Crippen LogP contribution < -0.4 is 5.73 Å². The molecule has 0 radical (unpaired) electrons. The molecule has 1 nitrogen and oxygen atoms in total. The van der Waals surface area contributed by atoms with Gasteiger partial charge in [-0.1, -0.05) is 11.6 Å². The fourth-order valence-electron chi connectivity index (χ4n) is 1.80. The van der Waals surface area contributed by atoms with Crippen LogP contribution in [0.15, 0.2) is 11.6 Å². The van der Waals surface area contributed by atoms with Gasteiger partial charge in [0.2, 0.25) is 0 Å². The van der Waals surface area contributed by atoms with E-state index in [0.29, 0.717) is 0 Å². The first kappa shape index (κ1) is 4.57. The average molecular weight is 109 g/mol. The standard InChI is InChI=1S/C7H11N/c8-4-7-5-2-1-3-6(5)7/h2,6-7H,1,3-4,8H2/t6?,7-/m0/s1. The summed E-state index contributed by atoms with van der Waals surface area (Å²) in [7, 11) is 0. The molecular weight excluding hydrogens is 98.1 g/mol. The molecular formula is C7H11N. The molecule has 44 valence electrons. The van der Waals surface area contributed by atoms with E-state index in [2.05, 4.69) is 6.08 Å². The maximum absolute atomic E-state index is 5.48. The van der Waals surface area contributed by atoms with Crippen LogP contribution in [-0.2, 0) is 0 Å². The lowest BCUT2D eigenvalue weighted by Gasteiger charge is -1.90. The molecule has 0 heterocycles. The summed E-state index contributed by atoms with van der Waals surface area (Å²) in [4.78, 5) is 0. The number of hydrogen-bond acceptors (Lipinski definition) is 1. The van der Waals surface area contributed by atoms with E-state index >= 15 is 0 Å². The topological polar surface area (TPSA) is 26.0 Å². The molecule has 0 aromatic heterocycles. The lowest BCUT2D eigenvalue weighted by molar-refractivity contribution is 0.662. The molecule has 2 rings (SSSR count). The van der Waals surface area contributed by atoms with Gasteiger partial charge >= 0.3 is 0 Å². The van der Waals surface area contributed by atoms with Gasteiger partial charge in [-0.2, -0.15) is 0 Å². The summed E-state index contributed by atoms with van der Waals surface area (Å²) in [5.41, 5.74) is 7.14. The van der Waals surface area contributed by atoms with E-state index in [1.165, 1.54) is 12.8 Å². The Labute approximate surface area is 49.6 Å². The van der Waals surface area contributed by atoms with Gasteiger partial charge in [-0.05, 0) is 31.2 Å². The average Bonchev–Trinajstić information content (AvgIpc) is 2.22. The normalized spacial score (nSPS) is 41.4. The minimum Gasteiger partial charge on any atom is -0.330 e.